The summed E-state index contributed by atoms with van der Waals surface area (Å²) in [5.74, 6) is 0. The number of nitrogens with zero attached hydrogens (tertiary/aromatic N) is 2. The van der Waals surface area contributed by atoms with Crippen LogP contribution in [0.2, 0.25) is 5.15 Å². The van der Waals surface area contributed by atoms with Crippen molar-refractivity contribution in [1.29, 1.82) is 0 Å². The molecule has 1 rings (SSSR count). The molecule has 0 spiro atoms. The van der Waals surface area contributed by atoms with Crippen LogP contribution in [0.1, 0.15) is 20.8 Å². The van der Waals surface area contributed by atoms with Gasteiger partial charge in [0.2, 0.25) is 0 Å². The molecule has 0 unspecified atom stereocenters. The molecule has 0 bridgehead atoms. The van der Waals surface area contributed by atoms with E-state index in [4.69, 9.17) is 11.6 Å². The molecule has 0 saturated carbocycles. The van der Waals surface area contributed by atoms with Crippen molar-refractivity contribution in [1.82, 2.24) is 9.78 Å². The smallest absolute Gasteiger partial charge is 0.150 e. The minimum absolute atomic E-state index is 0.0633. The minimum Gasteiger partial charge on any atom is -0.384 e. The molecule has 0 aliphatic heterocycles. The highest BCUT2D eigenvalue weighted by atomic mass is 35.5. The van der Waals surface area contributed by atoms with Crippen LogP contribution in [0.25, 0.3) is 0 Å². The molecule has 3 nitrogen and oxygen atoms in total. The summed E-state index contributed by atoms with van der Waals surface area (Å²) in [5, 5.41) is 7.81. The molecule has 1 heterocycles. The third kappa shape index (κ3) is 1.55. The van der Waals surface area contributed by atoms with Crippen molar-refractivity contribution in [2.24, 2.45) is 0 Å². The van der Waals surface area contributed by atoms with Gasteiger partial charge in [-0.2, -0.15) is 5.10 Å². The number of nitrogens with one attached hydrogen (secondary N) is 1. The fraction of sp³-hybridized carbons (Fsp3) is 0.625. The minimum atomic E-state index is -0.0633. The van der Waals surface area contributed by atoms with Gasteiger partial charge in [0, 0.05) is 7.05 Å². The number of hydrogen-bond acceptors (Lipinski definition) is 2. The fourth-order valence-corrected chi connectivity index (χ4v) is 1.41. The monoisotopic (exact) mass is 187 g/mol. The molecule has 1 aromatic rings. The predicted octanol–water partition coefficient (Wildman–Crippen LogP) is 2.33. The zero-order chi connectivity index (χ0) is 9.35. The van der Waals surface area contributed by atoms with Crippen molar-refractivity contribution in [2.45, 2.75) is 26.3 Å². The van der Waals surface area contributed by atoms with E-state index in [2.05, 4.69) is 31.2 Å². The summed E-state index contributed by atoms with van der Waals surface area (Å²) >= 11 is 6.05. The van der Waals surface area contributed by atoms with Crippen LogP contribution in [-0.4, -0.2) is 16.8 Å². The van der Waals surface area contributed by atoms with E-state index in [0.717, 1.165) is 5.69 Å². The Hall–Kier alpha value is -0.700. The van der Waals surface area contributed by atoms with Crippen molar-refractivity contribution in [3.63, 3.8) is 0 Å². The van der Waals surface area contributed by atoms with Crippen LogP contribution in [0, 0.1) is 0 Å². The van der Waals surface area contributed by atoms with E-state index in [1.54, 1.807) is 10.9 Å². The summed E-state index contributed by atoms with van der Waals surface area (Å²) in [6.07, 6.45) is 1.73. The van der Waals surface area contributed by atoms with E-state index >= 15 is 0 Å². The highest BCUT2D eigenvalue weighted by Gasteiger charge is 2.18. The summed E-state index contributed by atoms with van der Waals surface area (Å²) in [7, 11) is 1.83. The highest BCUT2D eigenvalue weighted by molar-refractivity contribution is 6.32. The first-order chi connectivity index (χ1) is 5.46. The quantitative estimate of drug-likeness (QED) is 0.732. The average Bonchev–Trinajstić information content (AvgIpc) is 2.29. The van der Waals surface area contributed by atoms with Crippen LogP contribution < -0.4 is 5.32 Å². The van der Waals surface area contributed by atoms with Gasteiger partial charge in [0.15, 0.2) is 5.15 Å². The zero-order valence-corrected chi connectivity index (χ0v) is 8.61. The molecule has 0 aromatic carbocycles. The first-order valence-electron chi connectivity index (χ1n) is 3.88. The van der Waals surface area contributed by atoms with Gasteiger partial charge in [-0.25, -0.2) is 4.68 Å². The average molecular weight is 188 g/mol. The van der Waals surface area contributed by atoms with Crippen LogP contribution in [0.3, 0.4) is 0 Å². The molecule has 0 aliphatic rings. The SMILES string of the molecule is CNc1cnn(C(C)(C)C)c1Cl. The van der Waals surface area contributed by atoms with Crippen LogP contribution in [0.4, 0.5) is 5.69 Å². The second-order valence-corrected chi connectivity index (χ2v) is 4.04. The van der Waals surface area contributed by atoms with E-state index in [1.165, 1.54) is 0 Å². The molecule has 0 aliphatic carbocycles. The Morgan fingerprint density at radius 2 is 2.08 bits per heavy atom. The predicted molar refractivity (Wildman–Crippen MR) is 51.8 cm³/mol. The number of rotatable bonds is 1. The maximum atomic E-state index is 6.05. The molecule has 4 heteroatoms. The second kappa shape index (κ2) is 2.98. The van der Waals surface area contributed by atoms with Crippen LogP contribution >= 0.6 is 11.6 Å². The van der Waals surface area contributed by atoms with Gasteiger partial charge in [0.25, 0.3) is 0 Å². The Balaban J connectivity index is 3.11. The van der Waals surface area contributed by atoms with E-state index in [0.29, 0.717) is 5.15 Å². The lowest BCUT2D eigenvalue weighted by Gasteiger charge is -2.20. The van der Waals surface area contributed by atoms with Gasteiger partial charge in [0.1, 0.15) is 0 Å². The Morgan fingerprint density at radius 3 is 2.33 bits per heavy atom. The lowest BCUT2D eigenvalue weighted by molar-refractivity contribution is 0.356. The largest absolute Gasteiger partial charge is 0.384 e. The van der Waals surface area contributed by atoms with Crippen LogP contribution in [0.5, 0.6) is 0 Å². The van der Waals surface area contributed by atoms with Gasteiger partial charge in [0.05, 0.1) is 17.4 Å². The lowest BCUT2D eigenvalue weighted by atomic mass is 10.1. The van der Waals surface area contributed by atoms with E-state index in [9.17, 15) is 0 Å². The summed E-state index contributed by atoms with van der Waals surface area (Å²) in [6.45, 7) is 6.18. The fourth-order valence-electron chi connectivity index (χ4n) is 0.969. The van der Waals surface area contributed by atoms with Crippen molar-refractivity contribution in [3.05, 3.63) is 11.3 Å². The topological polar surface area (TPSA) is 29.9 Å². The Bertz CT molecular complexity index is 272. The Kier molecular flexibility index (Phi) is 2.33. The first kappa shape index (κ1) is 9.39. The summed E-state index contributed by atoms with van der Waals surface area (Å²) in [5.41, 5.74) is 0.804. The van der Waals surface area contributed by atoms with E-state index in [1.807, 2.05) is 7.05 Å². The van der Waals surface area contributed by atoms with Crippen molar-refractivity contribution in [2.75, 3.05) is 12.4 Å². The molecule has 0 radical (unpaired) electrons. The van der Waals surface area contributed by atoms with Crippen LogP contribution in [0.15, 0.2) is 6.20 Å². The van der Waals surface area contributed by atoms with Gasteiger partial charge in [-0.1, -0.05) is 11.6 Å². The van der Waals surface area contributed by atoms with Crippen molar-refractivity contribution >= 4 is 17.3 Å². The molecular weight excluding hydrogens is 174 g/mol. The molecule has 0 fully saturated rings. The zero-order valence-electron chi connectivity index (χ0n) is 7.85. The third-order valence-corrected chi connectivity index (χ3v) is 1.98. The standard InChI is InChI=1S/C8H14ClN3/c1-8(2,3)12-7(9)6(10-4)5-11-12/h5,10H,1-4H3. The van der Waals surface area contributed by atoms with E-state index in [-0.39, 0.29) is 5.54 Å². The summed E-state index contributed by atoms with van der Waals surface area (Å²) in [4.78, 5) is 0. The van der Waals surface area contributed by atoms with Gasteiger partial charge in [-0.05, 0) is 20.8 Å². The summed E-state index contributed by atoms with van der Waals surface area (Å²) < 4.78 is 1.79. The number of hydrogen-bond donors (Lipinski definition) is 1. The van der Waals surface area contributed by atoms with Crippen molar-refractivity contribution in [3.8, 4) is 0 Å². The van der Waals surface area contributed by atoms with E-state index < -0.39 is 0 Å². The molecule has 0 atom stereocenters. The maximum absolute atomic E-state index is 6.05. The molecule has 1 N–H and O–H groups in total. The number of anilines is 1. The van der Waals surface area contributed by atoms with Crippen molar-refractivity contribution < 1.29 is 0 Å². The second-order valence-electron chi connectivity index (χ2n) is 3.68. The first-order valence-corrected chi connectivity index (χ1v) is 4.26. The molecule has 0 saturated heterocycles. The normalized spacial score (nSPS) is 11.8. The Morgan fingerprint density at radius 1 is 1.50 bits per heavy atom. The third-order valence-electron chi connectivity index (χ3n) is 1.62. The number of aromatic nitrogens is 2. The van der Waals surface area contributed by atoms with Gasteiger partial charge < -0.3 is 5.32 Å². The van der Waals surface area contributed by atoms with Gasteiger partial charge >= 0.3 is 0 Å². The van der Waals surface area contributed by atoms with Gasteiger partial charge in [-0.15, -0.1) is 0 Å². The molecule has 0 amide bonds. The van der Waals surface area contributed by atoms with Crippen LogP contribution in [-0.2, 0) is 5.54 Å². The molecule has 68 valence electrons. The molecule has 12 heavy (non-hydrogen) atoms. The number of halogens is 1. The summed E-state index contributed by atoms with van der Waals surface area (Å²) in [6, 6.07) is 0. The lowest BCUT2D eigenvalue weighted by Crippen LogP contribution is -2.23. The Labute approximate surface area is 77.7 Å². The molecular formula is C8H14ClN3. The van der Waals surface area contributed by atoms with Gasteiger partial charge in [-0.3, -0.25) is 0 Å². The highest BCUT2D eigenvalue weighted by Crippen LogP contribution is 2.26. The molecule has 1 aromatic heterocycles. The maximum Gasteiger partial charge on any atom is 0.150 e.